The van der Waals surface area contributed by atoms with Crippen LogP contribution in [-0.2, 0) is 13.0 Å². The summed E-state index contributed by atoms with van der Waals surface area (Å²) in [7, 11) is 0. The third-order valence-corrected chi connectivity index (χ3v) is 3.97. The first kappa shape index (κ1) is 13.7. The molecule has 2 rings (SSSR count). The highest BCUT2D eigenvalue weighted by Crippen LogP contribution is 2.22. The number of halogens is 2. The van der Waals surface area contributed by atoms with Crippen molar-refractivity contribution in [3.8, 4) is 0 Å². The molecule has 0 heterocycles. The molecule has 94 valence electrons. The predicted octanol–water partition coefficient (Wildman–Crippen LogP) is 5.12. The Balaban J connectivity index is 2.02. The van der Waals surface area contributed by atoms with Crippen LogP contribution in [0.5, 0.6) is 0 Å². The van der Waals surface area contributed by atoms with E-state index in [1.165, 1.54) is 11.1 Å². The van der Waals surface area contributed by atoms with E-state index in [0.29, 0.717) is 0 Å². The van der Waals surface area contributed by atoms with E-state index in [1.54, 1.807) is 0 Å². The Kier molecular flexibility index (Phi) is 4.89. The van der Waals surface area contributed by atoms with Gasteiger partial charge in [0.2, 0.25) is 0 Å². The van der Waals surface area contributed by atoms with Gasteiger partial charge in [0.15, 0.2) is 0 Å². The van der Waals surface area contributed by atoms with E-state index in [0.717, 1.165) is 27.2 Å². The average molecular weight is 372 g/mol. The maximum atomic E-state index is 5.93. The summed E-state index contributed by atoms with van der Waals surface area (Å²) in [5.41, 5.74) is 3.79. The van der Waals surface area contributed by atoms with Crippen LogP contribution < -0.4 is 5.32 Å². The molecule has 2 aromatic carbocycles. The van der Waals surface area contributed by atoms with Crippen molar-refractivity contribution in [2.45, 2.75) is 19.9 Å². The molecule has 0 aliphatic rings. The Morgan fingerprint density at radius 1 is 1.06 bits per heavy atom. The van der Waals surface area contributed by atoms with Crippen LogP contribution in [0.2, 0.25) is 5.02 Å². The van der Waals surface area contributed by atoms with Crippen molar-refractivity contribution in [3.63, 3.8) is 0 Å². The molecule has 1 N–H and O–H groups in total. The Morgan fingerprint density at radius 2 is 1.72 bits per heavy atom. The van der Waals surface area contributed by atoms with Gasteiger partial charge < -0.3 is 5.32 Å². The fourth-order valence-corrected chi connectivity index (χ4v) is 2.79. The van der Waals surface area contributed by atoms with Crippen LogP contribution in [0.1, 0.15) is 18.1 Å². The highest BCUT2D eigenvalue weighted by atomic mass is 127. The van der Waals surface area contributed by atoms with Gasteiger partial charge in [-0.1, -0.05) is 42.8 Å². The zero-order valence-electron chi connectivity index (χ0n) is 10.2. The van der Waals surface area contributed by atoms with E-state index in [1.807, 2.05) is 18.2 Å². The molecule has 0 aliphatic carbocycles. The smallest absolute Gasteiger partial charge is 0.0479 e. The summed E-state index contributed by atoms with van der Waals surface area (Å²) < 4.78 is 1.14. The van der Waals surface area contributed by atoms with Crippen LogP contribution in [0, 0.1) is 3.57 Å². The second-order valence-electron chi connectivity index (χ2n) is 4.15. The number of aryl methyl sites for hydroxylation is 1. The van der Waals surface area contributed by atoms with Gasteiger partial charge in [0.25, 0.3) is 0 Å². The molecule has 0 aliphatic heterocycles. The minimum Gasteiger partial charge on any atom is -0.380 e. The largest absolute Gasteiger partial charge is 0.380 e. The SMILES string of the molecule is CCc1ccc(CNc2ccc(Cl)cc2I)cc1. The summed E-state index contributed by atoms with van der Waals surface area (Å²) in [6.45, 7) is 3.00. The van der Waals surface area contributed by atoms with Crippen molar-refractivity contribution >= 4 is 39.9 Å². The second-order valence-corrected chi connectivity index (χ2v) is 5.75. The molecule has 3 heteroatoms. The number of benzene rings is 2. The lowest BCUT2D eigenvalue weighted by molar-refractivity contribution is 1.10. The Labute approximate surface area is 127 Å². The highest BCUT2D eigenvalue weighted by Gasteiger charge is 2.00. The zero-order valence-corrected chi connectivity index (χ0v) is 13.1. The summed E-state index contributed by atoms with van der Waals surface area (Å²) in [4.78, 5) is 0. The van der Waals surface area contributed by atoms with E-state index in [2.05, 4.69) is 59.1 Å². The van der Waals surface area contributed by atoms with Crippen LogP contribution in [0.3, 0.4) is 0 Å². The molecular weight excluding hydrogens is 357 g/mol. The minimum atomic E-state index is 0.775. The lowest BCUT2D eigenvalue weighted by Gasteiger charge is -2.09. The second kappa shape index (κ2) is 6.43. The van der Waals surface area contributed by atoms with Gasteiger partial charge in [0.1, 0.15) is 0 Å². The topological polar surface area (TPSA) is 12.0 Å². The van der Waals surface area contributed by atoms with Crippen molar-refractivity contribution < 1.29 is 0 Å². The molecule has 0 saturated carbocycles. The minimum absolute atomic E-state index is 0.775. The Bertz CT molecular complexity index is 523. The highest BCUT2D eigenvalue weighted by molar-refractivity contribution is 14.1. The fraction of sp³-hybridized carbons (Fsp3) is 0.200. The summed E-state index contributed by atoms with van der Waals surface area (Å²) in [5, 5.41) is 4.20. The Hall–Kier alpha value is -0.740. The van der Waals surface area contributed by atoms with Crippen LogP contribution in [-0.4, -0.2) is 0 Å². The van der Waals surface area contributed by atoms with Gasteiger partial charge in [-0.15, -0.1) is 0 Å². The predicted molar refractivity (Wildman–Crippen MR) is 87.3 cm³/mol. The van der Waals surface area contributed by atoms with Crippen LogP contribution >= 0.6 is 34.2 Å². The van der Waals surface area contributed by atoms with Crippen LogP contribution in [0.4, 0.5) is 5.69 Å². The standard InChI is InChI=1S/C15H15ClIN/c1-2-11-3-5-12(6-4-11)10-18-15-8-7-13(16)9-14(15)17/h3-9,18H,2,10H2,1H3. The summed E-state index contributed by atoms with van der Waals surface area (Å²) in [6.07, 6.45) is 1.09. The van der Waals surface area contributed by atoms with Gasteiger partial charge in [-0.05, 0) is 58.3 Å². The van der Waals surface area contributed by atoms with E-state index in [9.17, 15) is 0 Å². The summed E-state index contributed by atoms with van der Waals surface area (Å²) in [6, 6.07) is 14.6. The van der Waals surface area contributed by atoms with Crippen LogP contribution in [0.25, 0.3) is 0 Å². The summed E-state index contributed by atoms with van der Waals surface area (Å²) >= 11 is 8.23. The third-order valence-electron chi connectivity index (χ3n) is 2.85. The number of hydrogen-bond donors (Lipinski definition) is 1. The first-order chi connectivity index (χ1) is 8.69. The molecule has 0 aromatic heterocycles. The molecule has 0 radical (unpaired) electrons. The molecule has 0 spiro atoms. The molecule has 0 amide bonds. The maximum absolute atomic E-state index is 5.93. The van der Waals surface area contributed by atoms with Crippen LogP contribution in [0.15, 0.2) is 42.5 Å². The molecule has 0 atom stereocenters. The van der Waals surface area contributed by atoms with Gasteiger partial charge in [-0.25, -0.2) is 0 Å². The van der Waals surface area contributed by atoms with Gasteiger partial charge in [-0.2, -0.15) is 0 Å². The van der Waals surface area contributed by atoms with E-state index >= 15 is 0 Å². The number of nitrogens with one attached hydrogen (secondary N) is 1. The molecule has 0 bridgehead atoms. The van der Waals surface area contributed by atoms with Crippen molar-refractivity contribution in [3.05, 3.63) is 62.2 Å². The first-order valence-corrected chi connectivity index (χ1v) is 7.41. The quantitative estimate of drug-likeness (QED) is 0.736. The molecular formula is C15H15ClIN. The van der Waals surface area contributed by atoms with Crippen molar-refractivity contribution in [1.29, 1.82) is 0 Å². The van der Waals surface area contributed by atoms with E-state index < -0.39 is 0 Å². The summed E-state index contributed by atoms with van der Waals surface area (Å²) in [5.74, 6) is 0. The molecule has 2 aromatic rings. The van der Waals surface area contributed by atoms with E-state index in [-0.39, 0.29) is 0 Å². The monoisotopic (exact) mass is 371 g/mol. The Morgan fingerprint density at radius 3 is 2.33 bits per heavy atom. The number of rotatable bonds is 4. The molecule has 0 saturated heterocycles. The van der Waals surface area contributed by atoms with Gasteiger partial charge >= 0.3 is 0 Å². The van der Waals surface area contributed by atoms with E-state index in [4.69, 9.17) is 11.6 Å². The van der Waals surface area contributed by atoms with Crippen molar-refractivity contribution in [1.82, 2.24) is 0 Å². The lowest BCUT2D eigenvalue weighted by Crippen LogP contribution is -2.01. The molecule has 0 unspecified atom stereocenters. The first-order valence-electron chi connectivity index (χ1n) is 5.96. The maximum Gasteiger partial charge on any atom is 0.0479 e. The normalized spacial score (nSPS) is 10.4. The fourth-order valence-electron chi connectivity index (χ4n) is 1.72. The third kappa shape index (κ3) is 3.62. The molecule has 1 nitrogen and oxygen atoms in total. The van der Waals surface area contributed by atoms with Gasteiger partial charge in [0, 0.05) is 20.8 Å². The van der Waals surface area contributed by atoms with Gasteiger partial charge in [-0.3, -0.25) is 0 Å². The van der Waals surface area contributed by atoms with Crippen molar-refractivity contribution in [2.24, 2.45) is 0 Å². The average Bonchev–Trinajstić information content (AvgIpc) is 2.38. The van der Waals surface area contributed by atoms with Gasteiger partial charge in [0.05, 0.1) is 0 Å². The molecule has 18 heavy (non-hydrogen) atoms. The lowest BCUT2D eigenvalue weighted by atomic mass is 10.1. The number of hydrogen-bond acceptors (Lipinski definition) is 1. The number of anilines is 1. The molecule has 0 fully saturated rings. The van der Waals surface area contributed by atoms with Crippen molar-refractivity contribution in [2.75, 3.05) is 5.32 Å². The zero-order chi connectivity index (χ0) is 13.0.